The molecule has 9 nitrogen and oxygen atoms in total. The Bertz CT molecular complexity index is 1250. The van der Waals surface area contributed by atoms with Crippen LogP contribution in [0.4, 0.5) is 24.7 Å². The number of halogens is 3. The highest BCUT2D eigenvalue weighted by Crippen LogP contribution is 2.35. The van der Waals surface area contributed by atoms with Gasteiger partial charge in [-0.15, -0.1) is 0 Å². The lowest BCUT2D eigenvalue weighted by Gasteiger charge is -2.28. The molecule has 0 aliphatic heterocycles. The van der Waals surface area contributed by atoms with Gasteiger partial charge in [0.05, 0.1) is 11.2 Å². The number of hydrogen-bond donors (Lipinski definition) is 2. The lowest BCUT2D eigenvalue weighted by molar-refractivity contribution is -0.121. The molecule has 1 saturated carbocycles. The molecule has 0 bridgehead atoms. The summed E-state index contributed by atoms with van der Waals surface area (Å²) in [6, 6.07) is 4.04. The average Bonchev–Trinajstić information content (AvgIpc) is 3.19. The number of imidazole rings is 1. The summed E-state index contributed by atoms with van der Waals surface area (Å²) in [6.07, 6.45) is 5.64. The van der Waals surface area contributed by atoms with Crippen molar-refractivity contribution in [2.45, 2.75) is 42.1 Å². The summed E-state index contributed by atoms with van der Waals surface area (Å²) in [7, 11) is -5.43. The molecule has 0 atom stereocenters. The largest absolute Gasteiger partial charge is 0.501 e. The zero-order chi connectivity index (χ0) is 23.1. The van der Waals surface area contributed by atoms with E-state index in [1.54, 1.807) is 6.33 Å². The minimum Gasteiger partial charge on any atom is -0.382 e. The van der Waals surface area contributed by atoms with E-state index in [2.05, 4.69) is 20.3 Å². The molecule has 0 radical (unpaired) electrons. The summed E-state index contributed by atoms with van der Waals surface area (Å²) in [4.78, 5) is 24.1. The van der Waals surface area contributed by atoms with Crippen LogP contribution in [-0.4, -0.2) is 39.4 Å². The van der Waals surface area contributed by atoms with Gasteiger partial charge in [0.15, 0.2) is 11.5 Å². The Morgan fingerprint density at radius 1 is 1.06 bits per heavy atom. The molecule has 2 heterocycles. The van der Waals surface area contributed by atoms with Gasteiger partial charge in [-0.05, 0) is 49.9 Å². The molecule has 1 amide bonds. The van der Waals surface area contributed by atoms with Gasteiger partial charge in [-0.1, -0.05) is 0 Å². The zero-order valence-electron chi connectivity index (χ0n) is 16.6. The number of alkyl halides is 3. The first kappa shape index (κ1) is 22.0. The van der Waals surface area contributed by atoms with Crippen LogP contribution in [0.15, 0.2) is 41.8 Å². The predicted molar refractivity (Wildman–Crippen MR) is 109 cm³/mol. The first-order valence-electron chi connectivity index (χ1n) is 9.73. The van der Waals surface area contributed by atoms with E-state index < -0.39 is 20.2 Å². The molecule has 1 aliphatic carbocycles. The highest BCUT2D eigenvalue weighted by molar-refractivity contribution is 7.92. The van der Waals surface area contributed by atoms with Gasteiger partial charge in [0.25, 0.3) is 9.84 Å². The monoisotopic (exact) mass is 468 g/mol. The molecule has 13 heteroatoms. The quantitative estimate of drug-likeness (QED) is 0.601. The third-order valence-corrected chi connectivity index (χ3v) is 7.09. The fourth-order valence-electron chi connectivity index (χ4n) is 3.85. The van der Waals surface area contributed by atoms with Crippen LogP contribution in [0.2, 0.25) is 0 Å². The molecule has 3 N–H and O–H groups in total. The Kier molecular flexibility index (Phi) is 5.53. The van der Waals surface area contributed by atoms with Gasteiger partial charge in [0.2, 0.25) is 5.91 Å². The predicted octanol–water partition coefficient (Wildman–Crippen LogP) is 3.07. The molecule has 32 heavy (non-hydrogen) atoms. The molecule has 4 rings (SSSR count). The number of nitrogens with two attached hydrogens (primary N) is 1. The maximum absolute atomic E-state index is 12.6. The highest BCUT2D eigenvalue weighted by atomic mass is 32.2. The van der Waals surface area contributed by atoms with Crippen molar-refractivity contribution in [2.75, 3.05) is 11.1 Å². The minimum absolute atomic E-state index is 0.102. The van der Waals surface area contributed by atoms with Gasteiger partial charge in [0, 0.05) is 17.6 Å². The fraction of sp³-hybridized carbons (Fsp3) is 0.368. The zero-order valence-corrected chi connectivity index (χ0v) is 17.4. The second-order valence-corrected chi connectivity index (χ2v) is 9.49. The van der Waals surface area contributed by atoms with Crippen LogP contribution in [0.25, 0.3) is 11.2 Å². The van der Waals surface area contributed by atoms with Crippen molar-refractivity contribution >= 4 is 38.4 Å². The molecule has 0 spiro atoms. The topological polar surface area (TPSA) is 133 Å². The van der Waals surface area contributed by atoms with Gasteiger partial charge in [-0.3, -0.25) is 4.79 Å². The van der Waals surface area contributed by atoms with Crippen molar-refractivity contribution in [3.63, 3.8) is 0 Å². The number of carbonyl (C=O) groups excluding carboxylic acids is 1. The van der Waals surface area contributed by atoms with Crippen LogP contribution in [0.1, 0.15) is 31.7 Å². The standard InChI is InChI=1S/C19H19F3N6O3S/c20-19(21,22)32(30,31)14-7-3-12(4-8-14)27-18(29)11-1-5-13(6-2-11)28-10-26-15-16(23)24-9-25-17(15)28/h3-4,7-11,13H,1-2,5-6H2,(H,27,29)(H2,23,24,25). The first-order valence-corrected chi connectivity index (χ1v) is 11.2. The number of nitrogens with zero attached hydrogens (tertiary/aromatic N) is 4. The summed E-state index contributed by atoms with van der Waals surface area (Å²) < 4.78 is 62.7. The van der Waals surface area contributed by atoms with Gasteiger partial charge in [0.1, 0.15) is 11.8 Å². The van der Waals surface area contributed by atoms with Crippen molar-refractivity contribution in [1.82, 2.24) is 19.5 Å². The minimum atomic E-state index is -5.43. The van der Waals surface area contributed by atoms with E-state index in [1.165, 1.54) is 6.33 Å². The second-order valence-electron chi connectivity index (χ2n) is 7.55. The lowest BCUT2D eigenvalue weighted by atomic mass is 9.85. The molecule has 0 saturated heterocycles. The van der Waals surface area contributed by atoms with Gasteiger partial charge < -0.3 is 15.6 Å². The molecular weight excluding hydrogens is 449 g/mol. The van der Waals surface area contributed by atoms with Crippen molar-refractivity contribution in [3.05, 3.63) is 36.9 Å². The third kappa shape index (κ3) is 3.99. The Morgan fingerprint density at radius 2 is 1.72 bits per heavy atom. The van der Waals surface area contributed by atoms with Gasteiger partial charge >= 0.3 is 5.51 Å². The van der Waals surface area contributed by atoms with Crippen LogP contribution in [0.3, 0.4) is 0 Å². The van der Waals surface area contributed by atoms with Crippen molar-refractivity contribution < 1.29 is 26.4 Å². The Balaban J connectivity index is 1.38. The normalized spacial score (nSPS) is 19.7. The molecule has 1 aliphatic rings. The van der Waals surface area contributed by atoms with E-state index in [0.29, 0.717) is 42.7 Å². The van der Waals surface area contributed by atoms with Crippen molar-refractivity contribution in [2.24, 2.45) is 5.92 Å². The number of nitrogens with one attached hydrogen (secondary N) is 1. The molecule has 0 unspecified atom stereocenters. The SMILES string of the molecule is Nc1ncnc2c1ncn2C1CCC(C(=O)Nc2ccc(S(=O)(=O)C(F)(F)F)cc2)CC1. The second kappa shape index (κ2) is 8.04. The number of rotatable bonds is 4. The van der Waals surface area contributed by atoms with Crippen molar-refractivity contribution in [3.8, 4) is 0 Å². The van der Waals surface area contributed by atoms with Gasteiger partial charge in [-0.25, -0.2) is 23.4 Å². The maximum atomic E-state index is 12.6. The van der Waals surface area contributed by atoms with Crippen LogP contribution >= 0.6 is 0 Å². The summed E-state index contributed by atoms with van der Waals surface area (Å²) in [5.74, 6) is -0.243. The van der Waals surface area contributed by atoms with Crippen LogP contribution in [0.5, 0.6) is 0 Å². The number of nitrogen functional groups attached to an aromatic ring is 1. The number of benzene rings is 1. The summed E-state index contributed by atoms with van der Waals surface area (Å²) >= 11 is 0. The molecule has 170 valence electrons. The molecule has 1 aromatic carbocycles. The highest BCUT2D eigenvalue weighted by Gasteiger charge is 2.46. The smallest absolute Gasteiger partial charge is 0.382 e. The number of hydrogen-bond acceptors (Lipinski definition) is 7. The number of fused-ring (bicyclic) bond motifs is 1. The van der Waals surface area contributed by atoms with E-state index in [9.17, 15) is 26.4 Å². The average molecular weight is 468 g/mol. The summed E-state index contributed by atoms with van der Waals surface area (Å²) in [6.45, 7) is 0. The van der Waals surface area contributed by atoms with E-state index in [1.807, 2.05) is 4.57 Å². The van der Waals surface area contributed by atoms with Crippen LogP contribution in [-0.2, 0) is 14.6 Å². The maximum Gasteiger partial charge on any atom is 0.501 e. The fourth-order valence-corrected chi connectivity index (χ4v) is 4.61. The molecule has 1 fully saturated rings. The Labute approximate surface area is 180 Å². The Hall–Kier alpha value is -3.22. The number of amides is 1. The lowest BCUT2D eigenvalue weighted by Crippen LogP contribution is -2.28. The number of carbonyl (C=O) groups is 1. The van der Waals surface area contributed by atoms with Crippen molar-refractivity contribution in [1.29, 1.82) is 0 Å². The number of sulfone groups is 1. The summed E-state index contributed by atoms with van der Waals surface area (Å²) in [5.41, 5.74) is 1.84. The van der Waals surface area contributed by atoms with Crippen LogP contribution < -0.4 is 11.1 Å². The molecule has 3 aromatic rings. The summed E-state index contributed by atoms with van der Waals surface area (Å²) in [5, 5.41) is 2.64. The molecular formula is C19H19F3N6O3S. The Morgan fingerprint density at radius 3 is 2.34 bits per heavy atom. The van der Waals surface area contributed by atoms with E-state index in [0.717, 1.165) is 24.3 Å². The number of anilines is 2. The van der Waals surface area contributed by atoms with Gasteiger partial charge in [-0.2, -0.15) is 13.2 Å². The van der Waals surface area contributed by atoms with E-state index in [-0.39, 0.29) is 23.6 Å². The van der Waals surface area contributed by atoms with Crippen LogP contribution in [0, 0.1) is 5.92 Å². The molecule has 2 aromatic heterocycles. The van der Waals surface area contributed by atoms with E-state index >= 15 is 0 Å². The van der Waals surface area contributed by atoms with E-state index in [4.69, 9.17) is 5.73 Å². The first-order chi connectivity index (χ1) is 15.1. The number of aromatic nitrogens is 4. The third-order valence-electron chi connectivity index (χ3n) is 5.58.